The van der Waals surface area contributed by atoms with Gasteiger partial charge in [-0.1, -0.05) is 121 Å². The predicted octanol–water partition coefficient (Wildman–Crippen LogP) is 12.8. The van der Waals surface area contributed by atoms with Gasteiger partial charge in [-0.3, -0.25) is 0 Å². The molecule has 9 aliphatic rings. The molecule has 0 saturated heterocycles. The molecule has 3 aromatic rings. The molecule has 0 aromatic heterocycles. The fourth-order valence-corrected chi connectivity index (χ4v) is 16.6. The van der Waals surface area contributed by atoms with Crippen molar-refractivity contribution in [1.82, 2.24) is 0 Å². The number of rotatable bonds is 1. The molecular formula is C55H68BN3. The molecule has 306 valence electrons. The fourth-order valence-electron chi connectivity index (χ4n) is 16.6. The monoisotopic (exact) mass is 782 g/mol. The van der Waals surface area contributed by atoms with Crippen molar-refractivity contribution in [3.8, 4) is 0 Å². The summed E-state index contributed by atoms with van der Waals surface area (Å²) in [4.78, 5) is 8.95. The van der Waals surface area contributed by atoms with Gasteiger partial charge in [-0.15, -0.1) is 0 Å². The molecule has 2 saturated carbocycles. The molecule has 0 N–H and O–H groups in total. The summed E-state index contributed by atoms with van der Waals surface area (Å²) in [5.74, 6) is 0.562. The van der Waals surface area contributed by atoms with E-state index in [1.165, 1.54) is 85.2 Å². The zero-order chi connectivity index (χ0) is 41.0. The van der Waals surface area contributed by atoms with E-state index in [0.717, 1.165) is 25.7 Å². The molecule has 12 rings (SSSR count). The molecule has 4 heteroatoms. The largest absolute Gasteiger partial charge is 0.336 e. The smallest absolute Gasteiger partial charge is 0.251 e. The van der Waals surface area contributed by atoms with Crippen molar-refractivity contribution in [2.45, 2.75) is 175 Å². The number of benzene rings is 3. The highest BCUT2D eigenvalue weighted by atomic mass is 15.3. The summed E-state index contributed by atoms with van der Waals surface area (Å²) in [5.41, 5.74) is 21.9. The van der Waals surface area contributed by atoms with Crippen molar-refractivity contribution < 1.29 is 0 Å². The highest BCUT2D eigenvalue weighted by Crippen LogP contribution is 2.69. The Morgan fingerprint density at radius 1 is 0.661 bits per heavy atom. The lowest BCUT2D eigenvalue weighted by Gasteiger charge is -2.61. The molecule has 2 fully saturated rings. The van der Waals surface area contributed by atoms with Crippen molar-refractivity contribution in [2.75, 3.05) is 14.7 Å². The van der Waals surface area contributed by atoms with Crippen LogP contribution < -0.4 is 25.6 Å². The van der Waals surface area contributed by atoms with Crippen molar-refractivity contribution in [3.63, 3.8) is 0 Å². The number of hydrogen-bond acceptors (Lipinski definition) is 3. The van der Waals surface area contributed by atoms with Gasteiger partial charge in [0, 0.05) is 50.4 Å². The van der Waals surface area contributed by atoms with E-state index in [0.29, 0.717) is 5.92 Å². The van der Waals surface area contributed by atoms with Gasteiger partial charge in [-0.05, 0) is 149 Å². The summed E-state index contributed by atoms with van der Waals surface area (Å²) < 4.78 is 0. The van der Waals surface area contributed by atoms with Crippen LogP contribution in [0.4, 0.5) is 28.4 Å². The third kappa shape index (κ3) is 4.02. The molecule has 0 bridgehead atoms. The Hall–Kier alpha value is -3.66. The lowest BCUT2D eigenvalue weighted by atomic mass is 9.32. The van der Waals surface area contributed by atoms with Crippen LogP contribution in [-0.4, -0.2) is 23.3 Å². The second-order valence-electron chi connectivity index (χ2n) is 23.5. The molecule has 5 heterocycles. The summed E-state index contributed by atoms with van der Waals surface area (Å²) in [6.07, 6.45) is 20.1. The van der Waals surface area contributed by atoms with E-state index in [-0.39, 0.29) is 45.0 Å². The first-order valence-electron chi connectivity index (χ1n) is 23.9. The first-order chi connectivity index (χ1) is 27.9. The third-order valence-electron chi connectivity index (χ3n) is 20.5. The van der Waals surface area contributed by atoms with Crippen LogP contribution >= 0.6 is 0 Å². The molecule has 3 aromatic carbocycles. The Kier molecular flexibility index (Phi) is 7.07. The molecule has 7 unspecified atom stereocenters. The van der Waals surface area contributed by atoms with E-state index < -0.39 is 0 Å². The average Bonchev–Trinajstić information content (AvgIpc) is 3.52. The van der Waals surface area contributed by atoms with Gasteiger partial charge in [-0.2, -0.15) is 0 Å². The van der Waals surface area contributed by atoms with Crippen molar-refractivity contribution >= 4 is 46.1 Å². The average molecular weight is 782 g/mol. The summed E-state index contributed by atoms with van der Waals surface area (Å²) in [6, 6.07) is 20.5. The Balaban J connectivity index is 1.23. The van der Waals surface area contributed by atoms with E-state index in [2.05, 4.69) is 152 Å². The number of allylic oxidation sites excluding steroid dienone is 3. The maximum absolute atomic E-state index is 3.03. The molecule has 0 radical (unpaired) electrons. The van der Waals surface area contributed by atoms with Crippen LogP contribution in [-0.2, 0) is 11.8 Å². The van der Waals surface area contributed by atoms with Gasteiger partial charge in [0.2, 0.25) is 0 Å². The highest BCUT2D eigenvalue weighted by molar-refractivity contribution is 6.96. The first kappa shape index (κ1) is 37.1. The standard InChI is InChI=1S/C55H68BN3/c1-34-19-22-42-37(29-34)33-49(4,5)52(8)32-35(2)23-28-55(52,11)57(42)38-30-43-46-44(31-38)59-48-41(21-20-36(3)45(48)51(7)25-13-15-27-54(51,59)10)56(46)40-18-16-17-39-47(40)58(43)53(9)26-14-12-24-50(39,53)6/h16-19,21-23,29-31,36H,12-15,20,24-28,32-33H2,1-11H3. The summed E-state index contributed by atoms with van der Waals surface area (Å²) in [7, 11) is 0. The maximum atomic E-state index is 3.03. The highest BCUT2D eigenvalue weighted by Gasteiger charge is 2.67. The zero-order valence-electron chi connectivity index (χ0n) is 38.3. The van der Waals surface area contributed by atoms with E-state index in [4.69, 9.17) is 0 Å². The van der Waals surface area contributed by atoms with Gasteiger partial charge in [0.25, 0.3) is 6.71 Å². The minimum Gasteiger partial charge on any atom is -0.336 e. The van der Waals surface area contributed by atoms with Gasteiger partial charge < -0.3 is 14.7 Å². The second kappa shape index (κ2) is 11.2. The van der Waals surface area contributed by atoms with Gasteiger partial charge in [-0.25, -0.2) is 0 Å². The molecular weight excluding hydrogens is 713 g/mol. The lowest BCUT2D eigenvalue weighted by molar-refractivity contribution is 0.00725. The van der Waals surface area contributed by atoms with Crippen LogP contribution in [0.3, 0.4) is 0 Å². The SMILES string of the molecule is CC1=CCC2(C)N(c3cc4c5c(c3)N3c6c(cccc6C6(C)CCCCC36C)B5C3=CCC(C)C5=C3N4C3(C)CCCCC53C)c3ccc(C)cc3CC(C)(C)C2(C)C1. The van der Waals surface area contributed by atoms with Gasteiger partial charge in [0.15, 0.2) is 0 Å². The molecule has 0 spiro atoms. The van der Waals surface area contributed by atoms with Crippen LogP contribution in [0.25, 0.3) is 0 Å². The topological polar surface area (TPSA) is 9.72 Å². The number of aryl methyl sites for hydroxylation is 1. The van der Waals surface area contributed by atoms with E-state index in [9.17, 15) is 0 Å². The Morgan fingerprint density at radius 2 is 1.34 bits per heavy atom. The van der Waals surface area contributed by atoms with Crippen LogP contribution in [0.5, 0.6) is 0 Å². The summed E-state index contributed by atoms with van der Waals surface area (Å²) in [5, 5.41) is 0. The van der Waals surface area contributed by atoms with Gasteiger partial charge in [0.1, 0.15) is 0 Å². The van der Waals surface area contributed by atoms with Crippen molar-refractivity contribution in [1.29, 1.82) is 0 Å². The predicted molar refractivity (Wildman–Crippen MR) is 251 cm³/mol. The minimum atomic E-state index is -0.138. The first-order valence-corrected chi connectivity index (χ1v) is 23.9. The van der Waals surface area contributed by atoms with Crippen LogP contribution in [0.15, 0.2) is 83.0 Å². The minimum absolute atomic E-state index is 0.00491. The number of fused-ring (bicyclic) bond motifs is 12. The van der Waals surface area contributed by atoms with Crippen LogP contribution in [0.1, 0.15) is 157 Å². The molecule has 3 nitrogen and oxygen atoms in total. The van der Waals surface area contributed by atoms with Gasteiger partial charge >= 0.3 is 0 Å². The molecule has 7 atom stereocenters. The van der Waals surface area contributed by atoms with Gasteiger partial charge in [0.05, 0.1) is 16.6 Å². The molecule has 59 heavy (non-hydrogen) atoms. The summed E-state index contributed by atoms with van der Waals surface area (Å²) >= 11 is 0. The summed E-state index contributed by atoms with van der Waals surface area (Å²) in [6.45, 7) is 28.7. The Bertz CT molecular complexity index is 2520. The lowest BCUT2D eigenvalue weighted by Crippen LogP contribution is -2.64. The molecule has 4 aliphatic carbocycles. The van der Waals surface area contributed by atoms with Crippen molar-refractivity contribution in [2.24, 2.45) is 22.2 Å². The normalized spacial score (nSPS) is 38.0. The molecule has 0 amide bonds. The van der Waals surface area contributed by atoms with E-state index in [1.54, 1.807) is 44.5 Å². The van der Waals surface area contributed by atoms with E-state index >= 15 is 0 Å². The zero-order valence-corrected chi connectivity index (χ0v) is 38.3. The Morgan fingerprint density at radius 3 is 2.08 bits per heavy atom. The maximum Gasteiger partial charge on any atom is 0.251 e. The van der Waals surface area contributed by atoms with Crippen LogP contribution in [0, 0.1) is 29.1 Å². The van der Waals surface area contributed by atoms with E-state index in [1.807, 2.05) is 0 Å². The van der Waals surface area contributed by atoms with Crippen molar-refractivity contribution in [3.05, 3.63) is 99.7 Å². The third-order valence-corrected chi connectivity index (χ3v) is 20.5. The van der Waals surface area contributed by atoms with Crippen LogP contribution in [0.2, 0.25) is 0 Å². The number of hydrogen-bond donors (Lipinski definition) is 0. The second-order valence-corrected chi connectivity index (χ2v) is 23.5. The molecule has 5 aliphatic heterocycles. The Labute approximate surface area is 356 Å². The quantitative estimate of drug-likeness (QED) is 0.180. The number of nitrogens with zero attached hydrogens (tertiary/aromatic N) is 3. The number of anilines is 5. The number of para-hydroxylation sites is 1. The fraction of sp³-hybridized carbons (Fsp3) is 0.564.